The first kappa shape index (κ1) is 18.4. The maximum absolute atomic E-state index is 12.6. The summed E-state index contributed by atoms with van der Waals surface area (Å²) in [5, 5.41) is 0.614. The molecule has 1 amide bonds. The lowest BCUT2D eigenvalue weighted by molar-refractivity contribution is -0.128. The number of para-hydroxylation sites is 2. The summed E-state index contributed by atoms with van der Waals surface area (Å²) in [7, 11) is 1.67. The van der Waals surface area contributed by atoms with E-state index in [4.69, 9.17) is 10.5 Å². The van der Waals surface area contributed by atoms with Gasteiger partial charge in [0, 0.05) is 26.2 Å². The van der Waals surface area contributed by atoms with Crippen molar-refractivity contribution in [1.82, 2.24) is 24.8 Å². The van der Waals surface area contributed by atoms with Crippen molar-refractivity contribution in [2.75, 3.05) is 49.7 Å². The third-order valence-corrected chi connectivity index (χ3v) is 5.54. The van der Waals surface area contributed by atoms with Crippen LogP contribution in [-0.2, 0) is 4.79 Å². The molecule has 0 unspecified atom stereocenters. The Morgan fingerprint density at radius 1 is 1.25 bits per heavy atom. The first-order valence-corrected chi connectivity index (χ1v) is 9.89. The van der Waals surface area contributed by atoms with E-state index < -0.39 is 0 Å². The smallest absolute Gasteiger partial charge is 0.233 e. The summed E-state index contributed by atoms with van der Waals surface area (Å²) in [5.41, 5.74) is 7.97. The van der Waals surface area contributed by atoms with Crippen LogP contribution in [-0.4, -0.2) is 69.8 Å². The molecule has 4 rings (SSSR count). The lowest BCUT2D eigenvalue weighted by Crippen LogP contribution is -2.49. The molecule has 146 valence electrons. The SMILES string of the molecule is COc1ccccc1N1CCN(C(=O)CSc2nc3ncnc(N)c3[nH]2)CC1. The molecule has 0 spiro atoms. The van der Waals surface area contributed by atoms with E-state index in [1.54, 1.807) is 7.11 Å². The van der Waals surface area contributed by atoms with E-state index in [9.17, 15) is 4.79 Å². The highest BCUT2D eigenvalue weighted by atomic mass is 32.2. The van der Waals surface area contributed by atoms with Crippen molar-refractivity contribution in [3.63, 3.8) is 0 Å². The van der Waals surface area contributed by atoms with Gasteiger partial charge in [0.25, 0.3) is 0 Å². The number of amides is 1. The number of fused-ring (bicyclic) bond motifs is 1. The van der Waals surface area contributed by atoms with Crippen LogP contribution in [0.25, 0.3) is 11.2 Å². The number of anilines is 2. The highest BCUT2D eigenvalue weighted by molar-refractivity contribution is 7.99. The van der Waals surface area contributed by atoms with Crippen LogP contribution >= 0.6 is 11.8 Å². The molecule has 1 fully saturated rings. The van der Waals surface area contributed by atoms with Crippen molar-refractivity contribution < 1.29 is 9.53 Å². The van der Waals surface area contributed by atoms with E-state index in [0.717, 1.165) is 24.5 Å². The maximum atomic E-state index is 12.6. The lowest BCUT2D eigenvalue weighted by Gasteiger charge is -2.36. The van der Waals surface area contributed by atoms with Gasteiger partial charge in [0.05, 0.1) is 18.6 Å². The van der Waals surface area contributed by atoms with Gasteiger partial charge in [0.15, 0.2) is 16.6 Å². The van der Waals surface area contributed by atoms with Gasteiger partial charge in [-0.2, -0.15) is 0 Å². The minimum absolute atomic E-state index is 0.0872. The third-order valence-electron chi connectivity index (χ3n) is 4.69. The number of thioether (sulfide) groups is 1. The molecular formula is C18H21N7O2S. The molecule has 0 radical (unpaired) electrons. The van der Waals surface area contributed by atoms with E-state index >= 15 is 0 Å². The summed E-state index contributed by atoms with van der Waals surface area (Å²) in [6.45, 7) is 2.90. The summed E-state index contributed by atoms with van der Waals surface area (Å²) >= 11 is 1.35. The molecule has 3 heterocycles. The largest absolute Gasteiger partial charge is 0.495 e. The maximum Gasteiger partial charge on any atom is 0.233 e. The minimum Gasteiger partial charge on any atom is -0.495 e. The van der Waals surface area contributed by atoms with Crippen LogP contribution in [0, 0.1) is 0 Å². The zero-order valence-corrected chi connectivity index (χ0v) is 16.3. The Morgan fingerprint density at radius 3 is 2.79 bits per heavy atom. The average Bonchev–Trinajstić information content (AvgIpc) is 3.17. The van der Waals surface area contributed by atoms with Gasteiger partial charge in [-0.3, -0.25) is 4.79 Å². The molecule has 9 nitrogen and oxygen atoms in total. The zero-order chi connectivity index (χ0) is 19.5. The van der Waals surface area contributed by atoms with Crippen LogP contribution in [0.4, 0.5) is 11.5 Å². The van der Waals surface area contributed by atoms with Gasteiger partial charge in [0.2, 0.25) is 5.91 Å². The summed E-state index contributed by atoms with van der Waals surface area (Å²) in [6.07, 6.45) is 1.37. The van der Waals surface area contributed by atoms with Crippen LogP contribution in [0.3, 0.4) is 0 Å². The number of nitrogens with two attached hydrogens (primary N) is 1. The number of methoxy groups -OCH3 is 1. The summed E-state index contributed by atoms with van der Waals surface area (Å²) in [6, 6.07) is 7.95. The second-order valence-corrected chi connectivity index (χ2v) is 7.29. The number of nitrogens with zero attached hydrogens (tertiary/aromatic N) is 5. The first-order valence-electron chi connectivity index (χ1n) is 8.90. The fourth-order valence-electron chi connectivity index (χ4n) is 3.20. The van der Waals surface area contributed by atoms with Crippen molar-refractivity contribution >= 4 is 40.3 Å². The third kappa shape index (κ3) is 3.68. The van der Waals surface area contributed by atoms with Crippen molar-refractivity contribution in [1.29, 1.82) is 0 Å². The quantitative estimate of drug-likeness (QED) is 0.619. The summed E-state index contributed by atoms with van der Waals surface area (Å²) < 4.78 is 5.44. The number of ether oxygens (including phenoxy) is 1. The van der Waals surface area contributed by atoms with Crippen LogP contribution in [0.2, 0.25) is 0 Å². The molecule has 3 aromatic rings. The van der Waals surface area contributed by atoms with Crippen molar-refractivity contribution in [2.45, 2.75) is 5.16 Å². The van der Waals surface area contributed by atoms with Gasteiger partial charge in [0.1, 0.15) is 17.6 Å². The predicted molar refractivity (Wildman–Crippen MR) is 109 cm³/mol. The second kappa shape index (κ2) is 7.93. The van der Waals surface area contributed by atoms with Gasteiger partial charge >= 0.3 is 0 Å². The molecule has 0 aliphatic carbocycles. The monoisotopic (exact) mass is 399 g/mol. The van der Waals surface area contributed by atoms with Crippen molar-refractivity contribution in [2.24, 2.45) is 0 Å². The fraction of sp³-hybridized carbons (Fsp3) is 0.333. The van der Waals surface area contributed by atoms with Gasteiger partial charge in [-0.15, -0.1) is 0 Å². The molecule has 0 saturated carbocycles. The molecule has 3 N–H and O–H groups in total. The van der Waals surface area contributed by atoms with E-state index in [-0.39, 0.29) is 5.91 Å². The van der Waals surface area contributed by atoms with Crippen molar-refractivity contribution in [3.05, 3.63) is 30.6 Å². The number of aromatic amines is 1. The normalized spacial score (nSPS) is 14.5. The Hall–Kier alpha value is -3.01. The van der Waals surface area contributed by atoms with Crippen LogP contribution in [0.15, 0.2) is 35.7 Å². The molecule has 1 saturated heterocycles. The minimum atomic E-state index is 0.0872. The molecule has 1 aromatic carbocycles. The number of hydrogen-bond donors (Lipinski definition) is 2. The lowest BCUT2D eigenvalue weighted by atomic mass is 10.2. The van der Waals surface area contributed by atoms with Gasteiger partial charge in [-0.05, 0) is 12.1 Å². The average molecular weight is 399 g/mol. The molecule has 10 heteroatoms. The second-order valence-electron chi connectivity index (χ2n) is 6.33. The van der Waals surface area contributed by atoms with Gasteiger partial charge < -0.3 is 25.3 Å². The zero-order valence-electron chi connectivity index (χ0n) is 15.5. The molecule has 0 atom stereocenters. The van der Waals surface area contributed by atoms with Gasteiger partial charge in [-0.1, -0.05) is 23.9 Å². The Bertz CT molecular complexity index is 985. The predicted octanol–water partition coefficient (Wildman–Crippen LogP) is 1.38. The Balaban J connectivity index is 1.33. The van der Waals surface area contributed by atoms with E-state index in [0.29, 0.717) is 41.0 Å². The molecule has 1 aliphatic heterocycles. The molecular weight excluding hydrogens is 378 g/mol. The number of benzene rings is 1. The number of hydrogen-bond acceptors (Lipinski definition) is 8. The molecule has 1 aliphatic rings. The highest BCUT2D eigenvalue weighted by Gasteiger charge is 2.23. The first-order chi connectivity index (χ1) is 13.7. The Kier molecular flexibility index (Phi) is 5.20. The van der Waals surface area contributed by atoms with Crippen LogP contribution < -0.4 is 15.4 Å². The number of carbonyl (C=O) groups is 1. The summed E-state index contributed by atoms with van der Waals surface area (Å²) in [5.74, 6) is 1.60. The summed E-state index contributed by atoms with van der Waals surface area (Å²) in [4.78, 5) is 32.1. The molecule has 28 heavy (non-hydrogen) atoms. The highest BCUT2D eigenvalue weighted by Crippen LogP contribution is 2.28. The van der Waals surface area contributed by atoms with Gasteiger partial charge in [-0.25, -0.2) is 15.0 Å². The van der Waals surface area contributed by atoms with E-state index in [1.165, 1.54) is 18.1 Å². The van der Waals surface area contributed by atoms with Crippen molar-refractivity contribution in [3.8, 4) is 5.75 Å². The number of rotatable bonds is 5. The van der Waals surface area contributed by atoms with E-state index in [2.05, 4.69) is 24.8 Å². The number of carbonyl (C=O) groups excluding carboxylic acids is 1. The van der Waals surface area contributed by atoms with Crippen LogP contribution in [0.5, 0.6) is 5.75 Å². The molecule has 2 aromatic heterocycles. The number of nitrogen functional groups attached to an aromatic ring is 1. The van der Waals surface area contributed by atoms with E-state index in [1.807, 2.05) is 29.2 Å². The standard InChI is InChI=1S/C18H21N7O2S/c1-27-13-5-3-2-4-12(13)24-6-8-25(9-7-24)14(26)10-28-18-22-15-16(19)20-11-21-17(15)23-18/h2-5,11H,6-10H2,1H3,(H3,19,20,21,22,23). The number of H-pyrrole nitrogens is 1. The fourth-order valence-corrected chi connectivity index (χ4v) is 3.97. The topological polar surface area (TPSA) is 113 Å². The Labute approximate surface area is 166 Å². The number of piperazine rings is 1. The van der Waals surface area contributed by atoms with Crippen LogP contribution in [0.1, 0.15) is 0 Å². The number of imidazole rings is 1. The number of nitrogens with one attached hydrogen (secondary N) is 1. The number of aromatic nitrogens is 4. The Morgan fingerprint density at radius 2 is 2.04 bits per heavy atom. The molecule has 0 bridgehead atoms.